The molecule has 0 radical (unpaired) electrons. The van der Waals surface area contributed by atoms with Crippen molar-refractivity contribution in [3.8, 4) is 28.6 Å². The quantitative estimate of drug-likeness (QED) is 0.695. The Morgan fingerprint density at radius 2 is 1.78 bits per heavy atom. The molecule has 0 amide bonds. The van der Waals surface area contributed by atoms with Gasteiger partial charge >= 0.3 is 0 Å². The van der Waals surface area contributed by atoms with E-state index < -0.39 is 0 Å². The Bertz CT molecular complexity index is 786. The summed E-state index contributed by atoms with van der Waals surface area (Å²) in [6, 6.07) is 14.8. The van der Waals surface area contributed by atoms with Crippen LogP contribution in [-0.2, 0) is 6.61 Å². The smallest absolute Gasteiger partial charge is 0.264 e. The number of rotatable bonds is 6. The predicted octanol–water partition coefficient (Wildman–Crippen LogP) is 3.33. The summed E-state index contributed by atoms with van der Waals surface area (Å²) >= 11 is 0. The minimum absolute atomic E-state index is 0.164. The van der Waals surface area contributed by atoms with E-state index >= 15 is 0 Å². The molecule has 1 heterocycles. The Hall–Kier alpha value is -3.02. The Morgan fingerprint density at radius 3 is 2.57 bits per heavy atom. The fourth-order valence-corrected chi connectivity index (χ4v) is 2.07. The molecule has 0 bridgehead atoms. The van der Waals surface area contributed by atoms with Crippen molar-refractivity contribution in [1.82, 2.24) is 10.1 Å². The van der Waals surface area contributed by atoms with E-state index in [0.717, 1.165) is 11.3 Å². The van der Waals surface area contributed by atoms with Gasteiger partial charge in [0.2, 0.25) is 5.82 Å². The standard InChI is InChI=1S/C17H16N2O4/c1-20-13-7-5-6-12(10-13)17-18-16(23-19-17)11-22-15-9-4-3-8-14(15)21-2/h3-10H,11H2,1-2H3. The number of aromatic nitrogens is 2. The molecular weight excluding hydrogens is 296 g/mol. The number of nitrogens with zero attached hydrogens (tertiary/aromatic N) is 2. The van der Waals surface area contributed by atoms with Gasteiger partial charge in [0.25, 0.3) is 5.89 Å². The average molecular weight is 312 g/mol. The molecule has 0 unspecified atom stereocenters. The highest BCUT2D eigenvalue weighted by molar-refractivity contribution is 5.56. The topological polar surface area (TPSA) is 66.6 Å². The highest BCUT2D eigenvalue weighted by Gasteiger charge is 2.11. The molecule has 0 aliphatic carbocycles. The second-order valence-electron chi connectivity index (χ2n) is 4.68. The molecule has 0 saturated carbocycles. The van der Waals surface area contributed by atoms with Gasteiger partial charge in [-0.1, -0.05) is 29.4 Å². The van der Waals surface area contributed by atoms with E-state index in [4.69, 9.17) is 18.7 Å². The van der Waals surface area contributed by atoms with Crippen LogP contribution in [0.1, 0.15) is 5.89 Å². The van der Waals surface area contributed by atoms with Crippen molar-refractivity contribution in [3.05, 3.63) is 54.4 Å². The van der Waals surface area contributed by atoms with E-state index in [1.165, 1.54) is 0 Å². The van der Waals surface area contributed by atoms with E-state index in [2.05, 4.69) is 10.1 Å². The highest BCUT2D eigenvalue weighted by atomic mass is 16.5. The molecule has 0 aliphatic rings. The molecule has 3 rings (SSSR count). The largest absolute Gasteiger partial charge is 0.497 e. The third-order valence-corrected chi connectivity index (χ3v) is 3.22. The summed E-state index contributed by atoms with van der Waals surface area (Å²) in [6.45, 7) is 0.164. The van der Waals surface area contributed by atoms with Crippen LogP contribution in [0, 0.1) is 0 Å². The van der Waals surface area contributed by atoms with Gasteiger partial charge in [0.15, 0.2) is 18.1 Å². The molecule has 2 aromatic carbocycles. The van der Waals surface area contributed by atoms with Crippen LogP contribution >= 0.6 is 0 Å². The van der Waals surface area contributed by atoms with Crippen LogP contribution in [0.3, 0.4) is 0 Å². The number of hydrogen-bond donors (Lipinski definition) is 0. The predicted molar refractivity (Wildman–Crippen MR) is 83.6 cm³/mol. The lowest BCUT2D eigenvalue weighted by Gasteiger charge is -2.07. The summed E-state index contributed by atoms with van der Waals surface area (Å²) in [6.07, 6.45) is 0. The molecular formula is C17H16N2O4. The Balaban J connectivity index is 1.72. The third kappa shape index (κ3) is 3.42. The summed E-state index contributed by atoms with van der Waals surface area (Å²) in [5.41, 5.74) is 0.816. The summed E-state index contributed by atoms with van der Waals surface area (Å²) < 4.78 is 21.3. The summed E-state index contributed by atoms with van der Waals surface area (Å²) in [5, 5.41) is 3.96. The molecule has 0 N–H and O–H groups in total. The maximum absolute atomic E-state index is 5.66. The number of para-hydroxylation sites is 2. The van der Waals surface area contributed by atoms with Gasteiger partial charge in [-0.15, -0.1) is 0 Å². The molecule has 6 heteroatoms. The zero-order chi connectivity index (χ0) is 16.1. The van der Waals surface area contributed by atoms with Crippen LogP contribution in [0.4, 0.5) is 0 Å². The molecule has 118 valence electrons. The minimum Gasteiger partial charge on any atom is -0.497 e. The summed E-state index contributed by atoms with van der Waals surface area (Å²) in [5.74, 6) is 2.88. The van der Waals surface area contributed by atoms with Crippen molar-refractivity contribution in [2.45, 2.75) is 6.61 Å². The fourth-order valence-electron chi connectivity index (χ4n) is 2.07. The van der Waals surface area contributed by atoms with Gasteiger partial charge in [0.05, 0.1) is 14.2 Å². The fraction of sp³-hybridized carbons (Fsp3) is 0.176. The second-order valence-corrected chi connectivity index (χ2v) is 4.68. The van der Waals surface area contributed by atoms with Gasteiger partial charge in [0, 0.05) is 5.56 Å². The van der Waals surface area contributed by atoms with Gasteiger partial charge in [-0.25, -0.2) is 0 Å². The Kier molecular flexibility index (Phi) is 4.42. The van der Waals surface area contributed by atoms with Crippen molar-refractivity contribution in [3.63, 3.8) is 0 Å². The second kappa shape index (κ2) is 6.83. The number of hydrogen-bond acceptors (Lipinski definition) is 6. The Morgan fingerprint density at radius 1 is 0.957 bits per heavy atom. The number of ether oxygens (including phenoxy) is 3. The molecule has 6 nitrogen and oxygen atoms in total. The maximum atomic E-state index is 5.66. The molecule has 0 fully saturated rings. The van der Waals surface area contributed by atoms with Crippen LogP contribution in [0.25, 0.3) is 11.4 Å². The first-order chi connectivity index (χ1) is 11.3. The lowest BCUT2D eigenvalue weighted by atomic mass is 10.2. The molecule has 0 spiro atoms. The number of methoxy groups -OCH3 is 2. The lowest BCUT2D eigenvalue weighted by molar-refractivity contribution is 0.233. The van der Waals surface area contributed by atoms with Gasteiger partial charge in [-0.3, -0.25) is 0 Å². The first-order valence-electron chi connectivity index (χ1n) is 7.03. The average Bonchev–Trinajstić information content (AvgIpc) is 3.09. The van der Waals surface area contributed by atoms with E-state index in [9.17, 15) is 0 Å². The van der Waals surface area contributed by atoms with Gasteiger partial charge in [0.1, 0.15) is 5.75 Å². The maximum Gasteiger partial charge on any atom is 0.264 e. The monoisotopic (exact) mass is 312 g/mol. The van der Waals surface area contributed by atoms with Crippen molar-refractivity contribution in [2.75, 3.05) is 14.2 Å². The van der Waals surface area contributed by atoms with Gasteiger partial charge < -0.3 is 18.7 Å². The molecule has 3 aromatic rings. The van der Waals surface area contributed by atoms with E-state index in [0.29, 0.717) is 23.2 Å². The van der Waals surface area contributed by atoms with Crippen molar-refractivity contribution >= 4 is 0 Å². The Labute approximate surface area is 133 Å². The molecule has 23 heavy (non-hydrogen) atoms. The van der Waals surface area contributed by atoms with Crippen LogP contribution in [0.5, 0.6) is 17.2 Å². The van der Waals surface area contributed by atoms with E-state index in [1.807, 2.05) is 48.5 Å². The first kappa shape index (κ1) is 14.9. The lowest BCUT2D eigenvalue weighted by Crippen LogP contribution is -1.97. The molecule has 0 saturated heterocycles. The summed E-state index contributed by atoms with van der Waals surface area (Å²) in [7, 11) is 3.21. The molecule has 1 aromatic heterocycles. The van der Waals surface area contributed by atoms with Crippen LogP contribution in [0.15, 0.2) is 53.1 Å². The van der Waals surface area contributed by atoms with Gasteiger partial charge in [-0.05, 0) is 24.3 Å². The van der Waals surface area contributed by atoms with Crippen molar-refractivity contribution in [2.24, 2.45) is 0 Å². The zero-order valence-electron chi connectivity index (χ0n) is 12.9. The van der Waals surface area contributed by atoms with Crippen LogP contribution in [0.2, 0.25) is 0 Å². The minimum atomic E-state index is 0.164. The van der Waals surface area contributed by atoms with E-state index in [1.54, 1.807) is 14.2 Å². The molecule has 0 atom stereocenters. The molecule has 0 aliphatic heterocycles. The number of benzene rings is 2. The van der Waals surface area contributed by atoms with Crippen molar-refractivity contribution < 1.29 is 18.7 Å². The summed E-state index contributed by atoms with van der Waals surface area (Å²) in [4.78, 5) is 4.33. The third-order valence-electron chi connectivity index (χ3n) is 3.22. The van der Waals surface area contributed by atoms with Crippen LogP contribution < -0.4 is 14.2 Å². The van der Waals surface area contributed by atoms with Crippen molar-refractivity contribution in [1.29, 1.82) is 0 Å². The normalized spacial score (nSPS) is 10.3. The van der Waals surface area contributed by atoms with Gasteiger partial charge in [-0.2, -0.15) is 4.98 Å². The zero-order valence-corrected chi connectivity index (χ0v) is 12.9. The van der Waals surface area contributed by atoms with E-state index in [-0.39, 0.29) is 6.61 Å². The highest BCUT2D eigenvalue weighted by Crippen LogP contribution is 2.27. The first-order valence-corrected chi connectivity index (χ1v) is 7.03. The van der Waals surface area contributed by atoms with Crippen LogP contribution in [-0.4, -0.2) is 24.4 Å². The SMILES string of the molecule is COc1cccc(-c2noc(COc3ccccc3OC)n2)c1.